The summed E-state index contributed by atoms with van der Waals surface area (Å²) in [5.41, 5.74) is 2.01. The van der Waals surface area contributed by atoms with Crippen LogP contribution in [0, 0.1) is 13.8 Å². The summed E-state index contributed by atoms with van der Waals surface area (Å²) >= 11 is 0. The molecule has 0 spiro atoms. The van der Waals surface area contributed by atoms with E-state index in [1.165, 1.54) is 31.4 Å². The maximum Gasteiger partial charge on any atom is 1.00 e. The summed E-state index contributed by atoms with van der Waals surface area (Å²) in [6, 6.07) is 12.9. The second-order valence-corrected chi connectivity index (χ2v) is 11.3. The molecule has 0 fully saturated rings. The second-order valence-electron chi connectivity index (χ2n) is 7.18. The van der Waals surface area contributed by atoms with Crippen LogP contribution in [0.5, 0.6) is 0 Å². The van der Waals surface area contributed by atoms with Gasteiger partial charge in [-0.3, -0.25) is 4.18 Å². The summed E-state index contributed by atoms with van der Waals surface area (Å²) in [7, 11) is 0.918. The molecule has 2 aromatic rings. The van der Waals surface area contributed by atoms with Gasteiger partial charge in [-0.15, -0.1) is 0 Å². The van der Waals surface area contributed by atoms with Crippen molar-refractivity contribution in [1.82, 2.24) is 0 Å². The van der Waals surface area contributed by atoms with Gasteiger partial charge in [0, 0.05) is 24.9 Å². The smallest absolute Gasteiger partial charge is 1.00 e. The van der Waals surface area contributed by atoms with Crippen LogP contribution in [-0.4, -0.2) is 61.6 Å². The quantitative estimate of drug-likeness (QED) is 0.292. The maximum atomic E-state index is 11.8. The fourth-order valence-electron chi connectivity index (χ4n) is 2.18. The fraction of sp³-hybridized carbons (Fsp3) is 0.455. The predicted octanol–water partition coefficient (Wildman–Crippen LogP) is 0.788. The van der Waals surface area contributed by atoms with Crippen LogP contribution in [0.3, 0.4) is 0 Å². The number of benzene rings is 2. The van der Waals surface area contributed by atoms with Crippen LogP contribution in [-0.2, 0) is 32.8 Å². The Hall–Kier alpha value is -0.530. The van der Waals surface area contributed by atoms with E-state index in [4.69, 9.17) is 24.7 Å². The summed E-state index contributed by atoms with van der Waals surface area (Å²) in [5.74, 6) is 0. The Bertz CT molecular complexity index is 1020. The standard InChI is InChI=1S/C11H16O4S.C7H7ClO2S.C4H10O2.Na.H/c1-9-4-6-11(7-5-9)16(12,13)15-10(2)8-14-3;1-6-2-4-7(5-3-6)11(8,9)10;1-4(5)3-6-2;;/h4-7,10H,8H2,1-3H3;2-5H,1H3;4-5H,3H2,1-2H3;;/q;;;+1;-1/t10-;;4-;;/m0.0../s1. The zero-order valence-corrected chi connectivity index (χ0v) is 25.1. The Morgan fingerprint density at radius 2 is 1.21 bits per heavy atom. The van der Waals surface area contributed by atoms with E-state index < -0.39 is 25.3 Å². The van der Waals surface area contributed by atoms with Gasteiger partial charge in [0.15, 0.2) is 0 Å². The maximum absolute atomic E-state index is 11.8. The van der Waals surface area contributed by atoms with Gasteiger partial charge in [0.05, 0.1) is 35.2 Å². The Morgan fingerprint density at radius 1 is 0.824 bits per heavy atom. The molecule has 0 bridgehead atoms. The molecule has 0 saturated heterocycles. The molecule has 0 saturated carbocycles. The molecule has 190 valence electrons. The third-order valence-corrected chi connectivity index (χ3v) is 6.51. The number of hydrogen-bond acceptors (Lipinski definition) is 8. The fourth-order valence-corrected chi connectivity index (χ4v) is 4.02. The minimum atomic E-state index is -3.68. The summed E-state index contributed by atoms with van der Waals surface area (Å²) in [6.07, 6.45) is -0.814. The van der Waals surface area contributed by atoms with E-state index in [1.807, 2.05) is 13.8 Å². The molecule has 0 aliphatic rings. The molecule has 12 heteroatoms. The van der Waals surface area contributed by atoms with Crippen molar-refractivity contribution in [3.63, 3.8) is 0 Å². The topological polar surface area (TPSA) is 116 Å². The number of hydrogen-bond donors (Lipinski definition) is 1. The monoisotopic (exact) mass is 548 g/mol. The van der Waals surface area contributed by atoms with Gasteiger partial charge >= 0.3 is 29.6 Å². The van der Waals surface area contributed by atoms with E-state index in [-0.39, 0.29) is 53.5 Å². The summed E-state index contributed by atoms with van der Waals surface area (Å²) in [4.78, 5) is 0.311. The number of aliphatic hydroxyl groups is 1. The number of methoxy groups -OCH3 is 2. The molecule has 2 aromatic carbocycles. The van der Waals surface area contributed by atoms with E-state index in [1.54, 1.807) is 45.2 Å². The number of ether oxygens (including phenoxy) is 2. The van der Waals surface area contributed by atoms with Crippen LogP contribution in [0.4, 0.5) is 0 Å². The van der Waals surface area contributed by atoms with Crippen LogP contribution in [0.2, 0.25) is 0 Å². The van der Waals surface area contributed by atoms with Gasteiger partial charge in [-0.05, 0) is 52.0 Å². The van der Waals surface area contributed by atoms with Crippen LogP contribution >= 0.6 is 10.7 Å². The third-order valence-electron chi connectivity index (χ3n) is 3.71. The molecule has 0 unspecified atom stereocenters. The second kappa shape index (κ2) is 17.8. The number of rotatable bonds is 8. The minimum absolute atomic E-state index is 0. The molecule has 2 atom stereocenters. The van der Waals surface area contributed by atoms with Crippen molar-refractivity contribution in [2.24, 2.45) is 0 Å². The molecule has 0 aliphatic carbocycles. The van der Waals surface area contributed by atoms with Gasteiger partial charge in [0.1, 0.15) is 0 Å². The first-order valence-electron chi connectivity index (χ1n) is 9.90. The van der Waals surface area contributed by atoms with Crippen molar-refractivity contribution in [2.45, 2.75) is 49.7 Å². The summed E-state index contributed by atoms with van der Waals surface area (Å²) in [5, 5.41) is 8.43. The van der Waals surface area contributed by atoms with Gasteiger partial charge in [-0.25, -0.2) is 8.42 Å². The van der Waals surface area contributed by atoms with Crippen LogP contribution < -0.4 is 29.6 Å². The number of aryl methyl sites for hydroxylation is 2. The molecule has 0 aliphatic heterocycles. The van der Waals surface area contributed by atoms with Crippen molar-refractivity contribution < 1.29 is 66.6 Å². The van der Waals surface area contributed by atoms with E-state index in [0.29, 0.717) is 6.61 Å². The Kier molecular flexibility index (Phi) is 18.7. The van der Waals surface area contributed by atoms with Crippen molar-refractivity contribution in [2.75, 3.05) is 27.4 Å². The van der Waals surface area contributed by atoms with Crippen LogP contribution in [0.25, 0.3) is 0 Å². The third kappa shape index (κ3) is 16.2. The van der Waals surface area contributed by atoms with Crippen molar-refractivity contribution in [3.05, 3.63) is 59.7 Å². The molecule has 2 rings (SSSR count). The van der Waals surface area contributed by atoms with E-state index in [0.717, 1.165) is 11.1 Å². The largest absolute Gasteiger partial charge is 1.00 e. The van der Waals surface area contributed by atoms with Crippen LogP contribution in [0.1, 0.15) is 26.4 Å². The van der Waals surface area contributed by atoms with Gasteiger partial charge in [-0.1, -0.05) is 35.4 Å². The first kappa shape index (κ1) is 35.6. The zero-order chi connectivity index (χ0) is 25.7. The predicted molar refractivity (Wildman–Crippen MR) is 130 cm³/mol. The molecule has 1 N–H and O–H groups in total. The number of halogens is 1. The number of aliphatic hydroxyl groups excluding tert-OH is 1. The summed E-state index contributed by atoms with van der Waals surface area (Å²) < 4.78 is 59.2. The first-order valence-corrected chi connectivity index (χ1v) is 13.6. The summed E-state index contributed by atoms with van der Waals surface area (Å²) in [6.45, 7) is 7.78. The molecular formula is C22H34ClNaO8S2. The van der Waals surface area contributed by atoms with Gasteiger partial charge < -0.3 is 16.0 Å². The average molecular weight is 549 g/mol. The Morgan fingerprint density at radius 3 is 1.50 bits per heavy atom. The van der Waals surface area contributed by atoms with E-state index >= 15 is 0 Å². The minimum Gasteiger partial charge on any atom is -1.00 e. The molecule has 34 heavy (non-hydrogen) atoms. The SMILES string of the molecule is COC[C@H](C)O.COC[C@H](C)OS(=O)(=O)c1ccc(C)cc1.Cc1ccc(S(=O)(=O)Cl)cc1.[H-].[Na+]. The van der Waals surface area contributed by atoms with Crippen molar-refractivity contribution in [1.29, 1.82) is 0 Å². The zero-order valence-electron chi connectivity index (χ0n) is 21.7. The normalized spacial score (nSPS) is 12.7. The van der Waals surface area contributed by atoms with Crippen LogP contribution in [0.15, 0.2) is 58.3 Å². The Labute approximate surface area is 231 Å². The first-order chi connectivity index (χ1) is 15.2. The van der Waals surface area contributed by atoms with Gasteiger partial charge in [0.25, 0.3) is 19.2 Å². The Balaban J connectivity index is -0.000000471. The van der Waals surface area contributed by atoms with Crippen molar-refractivity contribution >= 4 is 29.9 Å². The molecular weight excluding hydrogens is 515 g/mol. The molecule has 0 amide bonds. The molecule has 0 aromatic heterocycles. The van der Waals surface area contributed by atoms with E-state index in [9.17, 15) is 16.8 Å². The molecule has 0 heterocycles. The van der Waals surface area contributed by atoms with Gasteiger partial charge in [0.2, 0.25) is 0 Å². The van der Waals surface area contributed by atoms with E-state index in [2.05, 4.69) is 4.74 Å². The van der Waals surface area contributed by atoms with Crippen molar-refractivity contribution in [3.8, 4) is 0 Å². The molecule has 0 radical (unpaired) electrons. The average Bonchev–Trinajstić information content (AvgIpc) is 2.68. The molecule has 8 nitrogen and oxygen atoms in total. The van der Waals surface area contributed by atoms with Gasteiger partial charge in [-0.2, -0.15) is 8.42 Å².